The zero-order chi connectivity index (χ0) is 35.8. The molecule has 3 heterocycles. The molecule has 6 heteroatoms. The first-order valence-electron chi connectivity index (χ1n) is 17.9. The first-order chi connectivity index (χ1) is 26.7. The van der Waals surface area contributed by atoms with Gasteiger partial charge in [0, 0.05) is 38.1 Å². The van der Waals surface area contributed by atoms with Gasteiger partial charge in [0.05, 0.1) is 39.4 Å². The average Bonchev–Trinajstić information content (AvgIpc) is 3.77. The number of nitriles is 1. The Bertz CT molecular complexity index is 3350. The van der Waals surface area contributed by atoms with Crippen LogP contribution in [0.1, 0.15) is 5.56 Å². The van der Waals surface area contributed by atoms with Crippen molar-refractivity contribution in [3.63, 3.8) is 0 Å². The van der Waals surface area contributed by atoms with Crippen LogP contribution in [0, 0.1) is 11.3 Å². The van der Waals surface area contributed by atoms with Crippen molar-refractivity contribution in [2.45, 2.75) is 0 Å². The van der Waals surface area contributed by atoms with Gasteiger partial charge in [0.2, 0.25) is 5.95 Å². The van der Waals surface area contributed by atoms with E-state index in [-0.39, 0.29) is 0 Å². The van der Waals surface area contributed by atoms with Crippen molar-refractivity contribution in [2.24, 2.45) is 0 Å². The van der Waals surface area contributed by atoms with Crippen LogP contribution >= 0.6 is 0 Å². The summed E-state index contributed by atoms with van der Waals surface area (Å²) in [5, 5.41) is 19.1. The van der Waals surface area contributed by atoms with E-state index in [4.69, 9.17) is 15.0 Å². The largest absolute Gasteiger partial charge is 0.307 e. The maximum atomic E-state index is 9.78. The highest BCUT2D eigenvalue weighted by Crippen LogP contribution is 2.43. The van der Waals surface area contributed by atoms with Gasteiger partial charge in [-0.25, -0.2) is 4.98 Å². The third-order valence-electron chi connectivity index (χ3n) is 10.6. The molecular weight excluding hydrogens is 661 g/mol. The van der Waals surface area contributed by atoms with Gasteiger partial charge in [-0.15, -0.1) is 0 Å². The zero-order valence-electron chi connectivity index (χ0n) is 28.8. The number of fused-ring (bicyclic) bond motifs is 10. The molecule has 0 fully saturated rings. The maximum Gasteiger partial charge on any atom is 0.238 e. The van der Waals surface area contributed by atoms with Crippen LogP contribution in [0.3, 0.4) is 0 Å². The minimum absolute atomic E-state index is 0.495. The molecule has 8 aromatic carbocycles. The van der Waals surface area contributed by atoms with Crippen LogP contribution < -0.4 is 0 Å². The van der Waals surface area contributed by atoms with Gasteiger partial charge >= 0.3 is 0 Å². The third-order valence-corrected chi connectivity index (χ3v) is 10.6. The van der Waals surface area contributed by atoms with E-state index < -0.39 is 0 Å². The van der Waals surface area contributed by atoms with Crippen molar-refractivity contribution in [3.05, 3.63) is 175 Å². The lowest BCUT2D eigenvalue weighted by Gasteiger charge is -2.16. The molecule has 0 unspecified atom stereocenters. The van der Waals surface area contributed by atoms with E-state index in [0.717, 1.165) is 60.4 Å². The molecule has 11 aromatic rings. The summed E-state index contributed by atoms with van der Waals surface area (Å²) in [7, 11) is 0. The molecule has 0 spiro atoms. The Hall–Kier alpha value is -7.62. The number of benzene rings is 8. The van der Waals surface area contributed by atoms with Gasteiger partial charge in [-0.2, -0.15) is 15.2 Å². The fraction of sp³-hybridized carbons (Fsp3) is 0. The molecule has 0 saturated heterocycles. The molecule has 54 heavy (non-hydrogen) atoms. The number of aromatic nitrogens is 5. The Morgan fingerprint density at radius 2 is 0.963 bits per heavy atom. The lowest BCUT2D eigenvalue weighted by molar-refractivity contribution is 0.953. The second kappa shape index (κ2) is 11.7. The van der Waals surface area contributed by atoms with Crippen molar-refractivity contribution >= 4 is 65.2 Å². The van der Waals surface area contributed by atoms with Crippen molar-refractivity contribution < 1.29 is 0 Å². The van der Waals surface area contributed by atoms with Gasteiger partial charge in [-0.3, -0.25) is 4.57 Å². The Morgan fingerprint density at radius 1 is 0.407 bits per heavy atom. The maximum absolute atomic E-state index is 9.78. The Morgan fingerprint density at radius 3 is 1.69 bits per heavy atom. The number of rotatable bonds is 4. The summed E-state index contributed by atoms with van der Waals surface area (Å²) >= 11 is 0. The van der Waals surface area contributed by atoms with Crippen molar-refractivity contribution in [3.8, 4) is 40.5 Å². The van der Waals surface area contributed by atoms with E-state index in [1.807, 2.05) is 48.5 Å². The molecule has 0 saturated carbocycles. The fourth-order valence-corrected chi connectivity index (χ4v) is 8.22. The van der Waals surface area contributed by atoms with Crippen molar-refractivity contribution in [1.82, 2.24) is 24.1 Å². The first-order valence-corrected chi connectivity index (χ1v) is 17.9. The van der Waals surface area contributed by atoms with Gasteiger partial charge in [0.1, 0.15) is 0 Å². The fourth-order valence-electron chi connectivity index (χ4n) is 8.22. The predicted octanol–water partition coefficient (Wildman–Crippen LogP) is 11.6. The molecule has 0 aliphatic rings. The predicted molar refractivity (Wildman–Crippen MR) is 219 cm³/mol. The second-order valence-corrected chi connectivity index (χ2v) is 13.6. The molecule has 0 aliphatic carbocycles. The highest BCUT2D eigenvalue weighted by atomic mass is 15.2. The molecular formula is C48H28N6. The van der Waals surface area contributed by atoms with E-state index >= 15 is 0 Å². The van der Waals surface area contributed by atoms with Crippen molar-refractivity contribution in [2.75, 3.05) is 0 Å². The van der Waals surface area contributed by atoms with Gasteiger partial charge in [0.15, 0.2) is 11.6 Å². The Labute approximate surface area is 309 Å². The Kier molecular flexibility index (Phi) is 6.51. The summed E-state index contributed by atoms with van der Waals surface area (Å²) in [4.78, 5) is 15.5. The SMILES string of the molecule is N#Cc1cccc(-c2nc(-c3ccccc3)nc(-n3c4ccccc4c4ccc5c6ccccc6n(-c6cc7ccccc7c7ccccc67)c5c43)n2)c1. The van der Waals surface area contributed by atoms with Crippen LogP contribution in [-0.2, 0) is 0 Å². The molecule has 3 aromatic heterocycles. The highest BCUT2D eigenvalue weighted by Gasteiger charge is 2.24. The molecule has 0 radical (unpaired) electrons. The van der Waals surface area contributed by atoms with E-state index in [0.29, 0.717) is 23.2 Å². The Balaban J connectivity index is 1.33. The van der Waals surface area contributed by atoms with Gasteiger partial charge in [0.25, 0.3) is 0 Å². The van der Waals surface area contributed by atoms with Crippen LogP contribution in [0.5, 0.6) is 0 Å². The van der Waals surface area contributed by atoms with Crippen LogP contribution in [0.2, 0.25) is 0 Å². The van der Waals surface area contributed by atoms with Crippen LogP contribution in [0.4, 0.5) is 0 Å². The molecule has 250 valence electrons. The summed E-state index contributed by atoms with van der Waals surface area (Å²) in [6, 6.07) is 61.0. The van der Waals surface area contributed by atoms with Gasteiger partial charge < -0.3 is 4.57 Å². The number of hydrogen-bond acceptors (Lipinski definition) is 4. The lowest BCUT2D eigenvalue weighted by atomic mass is 10.00. The van der Waals surface area contributed by atoms with E-state index in [1.54, 1.807) is 6.07 Å². The summed E-state index contributed by atoms with van der Waals surface area (Å²) in [5.41, 5.74) is 7.45. The average molecular weight is 689 g/mol. The van der Waals surface area contributed by atoms with Crippen LogP contribution in [0.25, 0.3) is 99.6 Å². The molecule has 0 N–H and O–H groups in total. The zero-order valence-corrected chi connectivity index (χ0v) is 28.8. The minimum atomic E-state index is 0.495. The molecule has 11 rings (SSSR count). The molecule has 0 bridgehead atoms. The highest BCUT2D eigenvalue weighted by molar-refractivity contribution is 6.24. The lowest BCUT2D eigenvalue weighted by Crippen LogP contribution is -2.07. The number of nitrogens with zero attached hydrogens (tertiary/aromatic N) is 6. The summed E-state index contributed by atoms with van der Waals surface area (Å²) in [6.07, 6.45) is 0. The minimum Gasteiger partial charge on any atom is -0.307 e. The normalized spacial score (nSPS) is 11.7. The van der Waals surface area contributed by atoms with Gasteiger partial charge in [-0.05, 0) is 46.5 Å². The topological polar surface area (TPSA) is 72.3 Å². The second-order valence-electron chi connectivity index (χ2n) is 13.6. The third kappa shape index (κ3) is 4.43. The molecule has 0 atom stereocenters. The van der Waals surface area contributed by atoms with Crippen molar-refractivity contribution in [1.29, 1.82) is 5.26 Å². The first kappa shape index (κ1) is 30.0. The molecule has 0 amide bonds. The van der Waals surface area contributed by atoms with E-state index in [9.17, 15) is 5.26 Å². The number of hydrogen-bond donors (Lipinski definition) is 0. The summed E-state index contributed by atoms with van der Waals surface area (Å²) in [5.74, 6) is 1.55. The molecule has 6 nitrogen and oxygen atoms in total. The van der Waals surface area contributed by atoms with E-state index in [2.05, 4.69) is 130 Å². The summed E-state index contributed by atoms with van der Waals surface area (Å²) < 4.78 is 4.64. The monoisotopic (exact) mass is 688 g/mol. The number of para-hydroxylation sites is 2. The van der Waals surface area contributed by atoms with Crippen LogP contribution in [0.15, 0.2) is 170 Å². The summed E-state index contributed by atoms with van der Waals surface area (Å²) in [6.45, 7) is 0. The van der Waals surface area contributed by atoms with Crippen LogP contribution in [-0.4, -0.2) is 24.1 Å². The van der Waals surface area contributed by atoms with Gasteiger partial charge in [-0.1, -0.05) is 140 Å². The smallest absolute Gasteiger partial charge is 0.238 e. The standard InChI is InChI=1S/C48H28N6/c49-29-30-13-12-17-33(27-30)47-50-46(31-14-2-1-3-15-31)51-48(52-47)54-42-24-11-9-22-38(42)40-26-25-39-37-21-8-10-23-41(37)53(44(39)45(40)54)43-28-32-16-4-5-18-34(32)35-19-6-7-20-36(35)43/h1-28H. The van der Waals surface area contributed by atoms with E-state index in [1.165, 1.54) is 21.5 Å². The molecule has 0 aliphatic heterocycles. The quantitative estimate of drug-likeness (QED) is 0.173.